The number of piperazine rings is 1. The second-order valence-corrected chi connectivity index (χ2v) is 5.72. The summed E-state index contributed by atoms with van der Waals surface area (Å²) < 4.78 is 0. The molecule has 5 nitrogen and oxygen atoms in total. The van der Waals surface area contributed by atoms with Crippen LogP contribution in [0.5, 0.6) is 0 Å². The van der Waals surface area contributed by atoms with E-state index in [0.29, 0.717) is 6.04 Å². The second-order valence-electron chi connectivity index (χ2n) is 5.72. The van der Waals surface area contributed by atoms with Crippen LogP contribution in [0.4, 0.5) is 5.95 Å². The molecule has 2 atom stereocenters. The lowest BCUT2D eigenvalue weighted by molar-refractivity contribution is 0.0957. The number of hydrogen-bond acceptors (Lipinski definition) is 4. The van der Waals surface area contributed by atoms with Crippen molar-refractivity contribution in [1.29, 1.82) is 0 Å². The Labute approximate surface area is 119 Å². The minimum absolute atomic E-state index is 0.268. The Morgan fingerprint density at radius 2 is 2.20 bits per heavy atom. The highest BCUT2D eigenvalue weighted by molar-refractivity contribution is 5.77. The molecule has 0 spiro atoms. The molecule has 0 amide bonds. The number of imidazole rings is 1. The van der Waals surface area contributed by atoms with Crippen molar-refractivity contribution in [2.45, 2.75) is 26.0 Å². The highest BCUT2D eigenvalue weighted by Gasteiger charge is 2.25. The first-order valence-corrected chi connectivity index (χ1v) is 7.25. The quantitative estimate of drug-likeness (QED) is 0.889. The fraction of sp³-hybridized carbons (Fsp3) is 0.533. The van der Waals surface area contributed by atoms with Crippen LogP contribution in [-0.4, -0.2) is 58.3 Å². The molecule has 1 fully saturated rings. The molecule has 0 radical (unpaired) electrons. The van der Waals surface area contributed by atoms with E-state index in [1.807, 2.05) is 25.1 Å². The van der Waals surface area contributed by atoms with Gasteiger partial charge in [0.1, 0.15) is 0 Å². The number of H-pyrrole nitrogens is 1. The number of rotatable bonds is 3. The molecule has 3 rings (SSSR count). The van der Waals surface area contributed by atoms with Crippen LogP contribution in [0.3, 0.4) is 0 Å². The van der Waals surface area contributed by atoms with Gasteiger partial charge >= 0.3 is 0 Å². The Hall–Kier alpha value is -1.59. The molecule has 2 unspecified atom stereocenters. The van der Waals surface area contributed by atoms with E-state index in [9.17, 15) is 5.11 Å². The van der Waals surface area contributed by atoms with Crippen LogP contribution in [0.25, 0.3) is 11.0 Å². The molecule has 1 saturated heterocycles. The summed E-state index contributed by atoms with van der Waals surface area (Å²) in [6, 6.07) is 8.54. The van der Waals surface area contributed by atoms with E-state index in [1.165, 1.54) is 0 Å². The highest BCUT2D eigenvalue weighted by Crippen LogP contribution is 2.20. The molecule has 1 aliphatic heterocycles. The molecule has 5 heteroatoms. The van der Waals surface area contributed by atoms with Gasteiger partial charge in [-0.15, -0.1) is 0 Å². The number of benzene rings is 1. The first-order valence-electron chi connectivity index (χ1n) is 7.25. The lowest BCUT2D eigenvalue weighted by Crippen LogP contribution is -2.53. The van der Waals surface area contributed by atoms with Crippen LogP contribution in [0.1, 0.15) is 13.8 Å². The van der Waals surface area contributed by atoms with Crippen molar-refractivity contribution < 1.29 is 5.11 Å². The first kappa shape index (κ1) is 13.4. The summed E-state index contributed by atoms with van der Waals surface area (Å²) in [4.78, 5) is 12.7. The van der Waals surface area contributed by atoms with Gasteiger partial charge in [0.25, 0.3) is 0 Å². The summed E-state index contributed by atoms with van der Waals surface area (Å²) in [5.41, 5.74) is 2.10. The molecular weight excluding hydrogens is 252 g/mol. The van der Waals surface area contributed by atoms with E-state index < -0.39 is 0 Å². The van der Waals surface area contributed by atoms with Gasteiger partial charge in [0, 0.05) is 32.2 Å². The number of aromatic amines is 1. The number of aromatic nitrogens is 2. The summed E-state index contributed by atoms with van der Waals surface area (Å²) in [6.07, 6.45) is -0.268. The van der Waals surface area contributed by atoms with Gasteiger partial charge in [-0.2, -0.15) is 0 Å². The Morgan fingerprint density at radius 3 is 2.90 bits per heavy atom. The van der Waals surface area contributed by atoms with Gasteiger partial charge < -0.3 is 15.0 Å². The average Bonchev–Trinajstić information content (AvgIpc) is 2.84. The van der Waals surface area contributed by atoms with Crippen LogP contribution in [0.2, 0.25) is 0 Å². The molecular formula is C15H22N4O. The number of aliphatic hydroxyl groups is 1. The molecule has 0 bridgehead atoms. The van der Waals surface area contributed by atoms with Gasteiger partial charge in [-0.1, -0.05) is 12.1 Å². The maximum atomic E-state index is 9.53. The van der Waals surface area contributed by atoms with Gasteiger partial charge in [-0.25, -0.2) is 4.98 Å². The van der Waals surface area contributed by atoms with E-state index in [1.54, 1.807) is 0 Å². The van der Waals surface area contributed by atoms with E-state index >= 15 is 0 Å². The molecule has 1 aromatic carbocycles. The van der Waals surface area contributed by atoms with Gasteiger partial charge in [0.15, 0.2) is 0 Å². The number of anilines is 1. The lowest BCUT2D eigenvalue weighted by Gasteiger charge is -2.40. The first-order chi connectivity index (χ1) is 9.63. The predicted molar refractivity (Wildman–Crippen MR) is 81.0 cm³/mol. The number of fused-ring (bicyclic) bond motifs is 1. The third-order valence-corrected chi connectivity index (χ3v) is 3.94. The molecule has 1 aliphatic rings. The van der Waals surface area contributed by atoms with Crippen LogP contribution < -0.4 is 4.90 Å². The highest BCUT2D eigenvalue weighted by atomic mass is 16.3. The Balaban J connectivity index is 1.73. The zero-order chi connectivity index (χ0) is 14.1. The summed E-state index contributed by atoms with van der Waals surface area (Å²) in [6.45, 7) is 7.64. The van der Waals surface area contributed by atoms with Crippen molar-refractivity contribution in [2.75, 3.05) is 31.1 Å². The number of para-hydroxylation sites is 2. The van der Waals surface area contributed by atoms with Crippen molar-refractivity contribution in [2.24, 2.45) is 0 Å². The maximum Gasteiger partial charge on any atom is 0.203 e. The smallest absolute Gasteiger partial charge is 0.203 e. The number of hydrogen-bond donors (Lipinski definition) is 2. The van der Waals surface area contributed by atoms with E-state index in [-0.39, 0.29) is 6.10 Å². The minimum Gasteiger partial charge on any atom is -0.392 e. The average molecular weight is 274 g/mol. The molecule has 0 saturated carbocycles. The summed E-state index contributed by atoms with van der Waals surface area (Å²) in [5.74, 6) is 0.953. The van der Waals surface area contributed by atoms with Crippen molar-refractivity contribution >= 4 is 17.0 Å². The molecule has 20 heavy (non-hydrogen) atoms. The summed E-state index contributed by atoms with van der Waals surface area (Å²) in [7, 11) is 0. The number of β-amino-alcohol motifs (C(OH)–C–C–N with tert-alkyl or cyclic N) is 1. The van der Waals surface area contributed by atoms with Crippen LogP contribution in [0, 0.1) is 0 Å². The van der Waals surface area contributed by atoms with Gasteiger partial charge in [-0.3, -0.25) is 4.90 Å². The zero-order valence-corrected chi connectivity index (χ0v) is 12.1. The molecule has 2 aromatic rings. The van der Waals surface area contributed by atoms with Crippen molar-refractivity contribution in [1.82, 2.24) is 14.9 Å². The fourth-order valence-electron chi connectivity index (χ4n) is 2.89. The minimum atomic E-state index is -0.268. The summed E-state index contributed by atoms with van der Waals surface area (Å²) in [5, 5.41) is 9.53. The Bertz CT molecular complexity index is 547. The molecule has 1 aromatic heterocycles. The monoisotopic (exact) mass is 274 g/mol. The van der Waals surface area contributed by atoms with E-state index in [0.717, 1.165) is 43.2 Å². The molecule has 108 valence electrons. The topological polar surface area (TPSA) is 55.4 Å². The van der Waals surface area contributed by atoms with Gasteiger partial charge in [0.2, 0.25) is 5.95 Å². The van der Waals surface area contributed by atoms with Crippen molar-refractivity contribution in [3.63, 3.8) is 0 Å². The van der Waals surface area contributed by atoms with Crippen LogP contribution in [0.15, 0.2) is 24.3 Å². The third-order valence-electron chi connectivity index (χ3n) is 3.94. The van der Waals surface area contributed by atoms with Crippen LogP contribution >= 0.6 is 0 Å². The zero-order valence-electron chi connectivity index (χ0n) is 12.1. The van der Waals surface area contributed by atoms with E-state index in [4.69, 9.17) is 0 Å². The normalized spacial score (nSPS) is 22.4. The standard InChI is InChI=1S/C15H22N4O/c1-11-9-19(8-7-18(11)10-12(2)20)15-16-13-5-3-4-6-14(13)17-15/h3-6,11-12,20H,7-10H2,1-2H3,(H,16,17). The third kappa shape index (κ3) is 2.64. The molecule has 0 aliphatic carbocycles. The SMILES string of the molecule is CC(O)CN1CCN(c2nc3ccccc3[nH]2)CC1C. The second kappa shape index (κ2) is 5.42. The Kier molecular flexibility index (Phi) is 3.63. The number of nitrogens with zero attached hydrogens (tertiary/aromatic N) is 3. The van der Waals surface area contributed by atoms with Gasteiger partial charge in [0.05, 0.1) is 17.1 Å². The van der Waals surface area contributed by atoms with Crippen LogP contribution in [-0.2, 0) is 0 Å². The largest absolute Gasteiger partial charge is 0.392 e. The summed E-state index contributed by atoms with van der Waals surface area (Å²) >= 11 is 0. The fourth-order valence-corrected chi connectivity index (χ4v) is 2.89. The lowest BCUT2D eigenvalue weighted by atomic mass is 10.2. The molecule has 2 N–H and O–H groups in total. The van der Waals surface area contributed by atoms with Crippen molar-refractivity contribution in [3.8, 4) is 0 Å². The van der Waals surface area contributed by atoms with E-state index in [2.05, 4.69) is 32.8 Å². The molecule has 2 heterocycles. The maximum absolute atomic E-state index is 9.53. The Morgan fingerprint density at radius 1 is 1.40 bits per heavy atom. The predicted octanol–water partition coefficient (Wildman–Crippen LogP) is 1.45. The van der Waals surface area contributed by atoms with Gasteiger partial charge in [-0.05, 0) is 26.0 Å². The van der Waals surface area contributed by atoms with Crippen molar-refractivity contribution in [3.05, 3.63) is 24.3 Å². The number of aliphatic hydroxyl groups excluding tert-OH is 1. The number of nitrogens with one attached hydrogen (secondary N) is 1.